The summed E-state index contributed by atoms with van der Waals surface area (Å²) < 4.78 is 130. The predicted molar refractivity (Wildman–Crippen MR) is 352 cm³/mol. The molecule has 6 aliphatic rings. The Morgan fingerprint density at radius 3 is 0.951 bits per heavy atom. The Morgan fingerprint density at radius 1 is 0.369 bits per heavy atom. The average Bonchev–Trinajstić information content (AvgIpc) is 1.82. The monoisotopic (exact) mass is 1550 g/mol. The molecule has 42 nitrogen and oxygen atoms in total. The lowest BCUT2D eigenvalue weighted by Crippen LogP contribution is -2.52. The van der Waals surface area contributed by atoms with E-state index in [4.69, 9.17) is 68.3 Å². The van der Waals surface area contributed by atoms with Crippen LogP contribution in [0.15, 0.2) is 0 Å². The first-order chi connectivity index (χ1) is 47.6. The van der Waals surface area contributed by atoms with Gasteiger partial charge in [-0.2, -0.15) is 26.3 Å². The van der Waals surface area contributed by atoms with Crippen molar-refractivity contribution in [3.05, 3.63) is 0 Å². The van der Waals surface area contributed by atoms with E-state index in [2.05, 4.69) is 37.9 Å². The van der Waals surface area contributed by atoms with Crippen molar-refractivity contribution in [1.29, 1.82) is 0 Å². The van der Waals surface area contributed by atoms with Crippen LogP contribution in [0.3, 0.4) is 0 Å². The number of nitrogens with two attached hydrogens (primary N) is 2. The normalized spacial score (nSPS) is 33.7. The van der Waals surface area contributed by atoms with Crippen LogP contribution >= 0.6 is 0 Å². The molecular weight excluding hydrogens is 1430 g/mol. The third-order valence-corrected chi connectivity index (χ3v) is 16.1. The van der Waals surface area contributed by atoms with E-state index in [1.807, 2.05) is 27.7 Å². The molecule has 103 heavy (non-hydrogen) atoms. The van der Waals surface area contributed by atoms with Gasteiger partial charge in [-0.3, -0.25) is 18.0 Å². The van der Waals surface area contributed by atoms with Gasteiger partial charge in [-0.15, -0.1) is 0 Å². The Morgan fingerprint density at radius 2 is 0.631 bits per heavy atom. The number of ether oxygens (including phenoxy) is 14. The summed E-state index contributed by atoms with van der Waals surface area (Å²) in [5.41, 5.74) is 9.60. The van der Waals surface area contributed by atoms with Gasteiger partial charge in [0.15, 0.2) is 37.7 Å². The first-order valence-corrected chi connectivity index (χ1v) is 35.9. The second kappa shape index (κ2) is 47.9. The second-order valence-electron chi connectivity index (χ2n) is 25.5. The van der Waals surface area contributed by atoms with Gasteiger partial charge in [-0.1, -0.05) is 0 Å². The number of carbonyl (C=O) groups is 4. The first-order valence-electron chi connectivity index (χ1n) is 33.1. The van der Waals surface area contributed by atoms with E-state index >= 15 is 0 Å². The maximum Gasteiger partial charge on any atom is 0.404 e. The van der Waals surface area contributed by atoms with Gasteiger partial charge >= 0.3 is 32.8 Å². The van der Waals surface area contributed by atoms with Crippen LogP contribution in [0, 0.1) is 0 Å². The lowest BCUT2D eigenvalue weighted by molar-refractivity contribution is -0.280. The summed E-state index contributed by atoms with van der Waals surface area (Å²) in [5, 5.41) is 121. The number of carbonyl (C=O) groups excluding carboxylic acids is 4. The molecule has 6 rings (SSSR count). The van der Waals surface area contributed by atoms with Crippen molar-refractivity contribution in [3.63, 3.8) is 0 Å². The van der Waals surface area contributed by atoms with Crippen molar-refractivity contribution in [3.8, 4) is 0 Å². The molecule has 0 unspecified atom stereocenters. The quantitative estimate of drug-likeness (QED) is 0.0346. The van der Waals surface area contributed by atoms with Crippen molar-refractivity contribution in [2.24, 2.45) is 11.5 Å². The number of rotatable bonds is 28. The Balaban J connectivity index is 0.000000619. The fourth-order valence-electron chi connectivity index (χ4n) is 9.36. The largest absolute Gasteiger partial charge is 0.447 e. The van der Waals surface area contributed by atoms with Gasteiger partial charge in [0.05, 0.1) is 87.5 Å². The molecule has 0 aromatic rings. The zero-order chi connectivity index (χ0) is 79.1. The lowest BCUT2D eigenvalue weighted by Gasteiger charge is -2.37. The molecule has 0 aromatic heterocycles. The summed E-state index contributed by atoms with van der Waals surface area (Å²) in [4.78, 5) is 42.3. The predicted octanol–water partition coefficient (Wildman–Crippen LogP) is -6.26. The van der Waals surface area contributed by atoms with Gasteiger partial charge in [-0.25, -0.2) is 9.59 Å². The number of nitrogens with one attached hydrogen (secondary N) is 4. The average molecular weight is 1550 g/mol. The van der Waals surface area contributed by atoms with Crippen molar-refractivity contribution in [1.82, 2.24) is 20.1 Å². The van der Waals surface area contributed by atoms with Crippen molar-refractivity contribution in [2.45, 2.75) is 300 Å². The number of aliphatic hydroxyl groups excluding tert-OH is 12. The SMILES string of the molecule is CC(=O)NC[C@@H]1C[C@@H](O)[C@@H](O)[C@H](OC(C)C)O1.CC(=O)NC[C@H]1O[C@@H](OC(C)C)[C@H](O)[C@@H]1O.CC(C)O[C@@H]1O[C@H](COC(N)=O)C[C@@H](O)[C@H]1O.CC(C)O[C@@H]1O[C@H](COC(N)=O)[C@@H](O)[C@H]1O.COS(=O)(=O)NC[C@@H]1C[C@@H](O)[C@@H](O)[C@H](OC(C)C)O1.COS(=O)(=O)NC[C@H]1O[C@@H](OC(C)C)[C@H](O)[C@@H]1O. The number of hydrogen-bond acceptors (Lipinski definition) is 36. The van der Waals surface area contributed by atoms with Crippen molar-refractivity contribution >= 4 is 44.6 Å². The molecule has 610 valence electrons. The molecule has 0 spiro atoms. The minimum Gasteiger partial charge on any atom is -0.447 e. The van der Waals surface area contributed by atoms with E-state index in [0.717, 1.165) is 14.2 Å². The molecular formula is C59H116N6O36S2. The van der Waals surface area contributed by atoms with Crippen molar-refractivity contribution < 1.29 is 172 Å². The molecule has 24 atom stereocenters. The van der Waals surface area contributed by atoms with Crippen molar-refractivity contribution in [2.75, 3.05) is 53.6 Å². The molecule has 0 radical (unpaired) electrons. The number of primary amides is 2. The van der Waals surface area contributed by atoms with Crippen LogP contribution in [0.25, 0.3) is 0 Å². The van der Waals surface area contributed by atoms with E-state index in [0.29, 0.717) is 6.54 Å². The number of hydrogen-bond donors (Lipinski definition) is 18. The molecule has 6 saturated heterocycles. The highest BCUT2D eigenvalue weighted by atomic mass is 32.2. The summed E-state index contributed by atoms with van der Waals surface area (Å²) in [7, 11) is -5.61. The van der Waals surface area contributed by atoms with E-state index in [1.54, 1.807) is 55.4 Å². The fraction of sp³-hybridized carbons (Fsp3) is 0.932. The second-order valence-corrected chi connectivity index (χ2v) is 28.6. The summed E-state index contributed by atoms with van der Waals surface area (Å²) in [5.74, 6) is -0.367. The van der Waals surface area contributed by atoms with Crippen LogP contribution in [-0.2, 0) is 105 Å². The van der Waals surface area contributed by atoms with Crippen LogP contribution in [0.4, 0.5) is 9.59 Å². The standard InChI is InChI=1S/C11H21NO5.C10H21NO7S.C10H19NO6.C10H19NO5.C9H19NO7S.C9H17NO6/c1-6(2)16-11-10(15)9(14)4-8(17-11)5-12-7(3)13;1-6(2)17-10-9(13)8(12)4-7(18-10)5-11-19(14,15)16-3;1-5(2)16-9-8(13)7(12)3-6(17-9)4-15-10(11)14;1-5(2)15-10-9(14)8(13)7(16-10)4-11-6(3)12;1-5(2)16-9-8(12)7(11)6(17-9)4-10-18(13,14)15-3;1-4(2)15-8-7(12)6(11)5(16-8)3-14-9(10)13/h6,8-11,14-15H,4-5H2,1-3H3,(H,12,13);6-13H,4-5H2,1-3H3;5-9,12-13H,3-4H2,1-2H3,(H2,11,14);5,7-10,13-14H,4H2,1-3H3,(H,11,12);5-12H,4H2,1-3H3;4-8,11-12H,3H2,1-2H3,(H2,10,13)/t8-,9+,10+,11+;7-,8+,9+,10+;6-,7+,8+,9+;7-,8-,9-,10-;6-,7-,8-,9-;5-,6-,7-,8-/m000111/s1. The van der Waals surface area contributed by atoms with E-state index < -0.39 is 174 Å². The summed E-state index contributed by atoms with van der Waals surface area (Å²) in [6, 6.07) is 0. The third-order valence-electron chi connectivity index (χ3n) is 14.2. The Labute approximate surface area is 600 Å². The zero-order valence-electron chi connectivity index (χ0n) is 60.8. The Kier molecular flexibility index (Phi) is 45.3. The molecule has 0 bridgehead atoms. The van der Waals surface area contributed by atoms with Gasteiger partial charge in [0.2, 0.25) is 11.8 Å². The minimum absolute atomic E-state index is 0.0715. The fourth-order valence-corrected chi connectivity index (χ4v) is 10.4. The maximum atomic E-state index is 11.1. The van der Waals surface area contributed by atoms with Gasteiger partial charge in [0.1, 0.15) is 86.5 Å². The van der Waals surface area contributed by atoms with Crippen LogP contribution in [-0.4, -0.2) is 340 Å². The van der Waals surface area contributed by atoms with Crippen LogP contribution < -0.4 is 31.5 Å². The summed E-state index contributed by atoms with van der Waals surface area (Å²) in [6.45, 7) is 24.1. The first kappa shape index (κ1) is 97.3. The molecule has 44 heteroatoms. The van der Waals surface area contributed by atoms with Gasteiger partial charge in [0.25, 0.3) is 0 Å². The van der Waals surface area contributed by atoms with E-state index in [9.17, 15) is 97.3 Å². The summed E-state index contributed by atoms with van der Waals surface area (Å²) in [6.07, 6.45) is -24.7. The van der Waals surface area contributed by atoms with Gasteiger partial charge in [0, 0.05) is 59.3 Å². The van der Waals surface area contributed by atoms with Gasteiger partial charge in [-0.05, 0) is 83.1 Å². The molecule has 20 N–H and O–H groups in total. The molecule has 0 aliphatic carbocycles. The van der Waals surface area contributed by atoms with Gasteiger partial charge < -0.3 is 150 Å². The zero-order valence-corrected chi connectivity index (χ0v) is 62.5. The Bertz CT molecular complexity index is 2530. The molecule has 6 aliphatic heterocycles. The van der Waals surface area contributed by atoms with E-state index in [1.165, 1.54) is 13.8 Å². The molecule has 6 heterocycles. The molecule has 0 aromatic carbocycles. The van der Waals surface area contributed by atoms with Crippen LogP contribution in [0.2, 0.25) is 0 Å². The van der Waals surface area contributed by atoms with E-state index in [-0.39, 0.29) is 107 Å². The molecule has 0 saturated carbocycles. The Hall–Kier alpha value is -3.74. The van der Waals surface area contributed by atoms with Crippen LogP contribution in [0.5, 0.6) is 0 Å². The molecule has 4 amide bonds. The third kappa shape index (κ3) is 38.3. The maximum absolute atomic E-state index is 11.1. The highest BCUT2D eigenvalue weighted by Gasteiger charge is 2.47. The highest BCUT2D eigenvalue weighted by molar-refractivity contribution is 7.84. The molecule has 6 fully saturated rings. The number of aliphatic hydroxyl groups is 12. The summed E-state index contributed by atoms with van der Waals surface area (Å²) >= 11 is 0. The lowest BCUT2D eigenvalue weighted by atomic mass is 10.0. The smallest absolute Gasteiger partial charge is 0.404 e. The number of amides is 4. The van der Waals surface area contributed by atoms with Crippen LogP contribution in [0.1, 0.15) is 116 Å². The minimum atomic E-state index is -3.85. The highest BCUT2D eigenvalue weighted by Crippen LogP contribution is 2.28. The topological polar surface area (TPSA) is 627 Å².